The Morgan fingerprint density at radius 3 is 2.53 bits per heavy atom. The monoisotopic (exact) mass is 491 g/mol. The first-order chi connectivity index (χ1) is 15.3. The Balaban J connectivity index is 1.60. The zero-order chi connectivity index (χ0) is 23.3. The molecule has 0 radical (unpaired) electrons. The molecule has 0 spiro atoms. The lowest BCUT2D eigenvalue weighted by atomic mass is 10.2. The molecule has 32 heavy (non-hydrogen) atoms. The van der Waals surface area contributed by atoms with Crippen LogP contribution in [0.3, 0.4) is 0 Å². The van der Waals surface area contributed by atoms with Crippen molar-refractivity contribution in [3.8, 4) is 0 Å². The molecule has 0 fully saturated rings. The summed E-state index contributed by atoms with van der Waals surface area (Å²) in [6.07, 6.45) is 0.0564. The maximum atomic E-state index is 12.5. The number of anilines is 2. The van der Waals surface area contributed by atoms with Crippen molar-refractivity contribution >= 4 is 58.2 Å². The van der Waals surface area contributed by atoms with Crippen LogP contribution in [0.5, 0.6) is 0 Å². The molecule has 0 aliphatic carbocycles. The van der Waals surface area contributed by atoms with Crippen LogP contribution in [0.2, 0.25) is 10.0 Å². The van der Waals surface area contributed by atoms with Crippen LogP contribution in [0.1, 0.15) is 23.9 Å². The van der Waals surface area contributed by atoms with Gasteiger partial charge >= 0.3 is 0 Å². The Kier molecular flexibility index (Phi) is 8.17. The number of hydrogen-bond acceptors (Lipinski definition) is 5. The predicted molar refractivity (Wildman–Crippen MR) is 130 cm³/mol. The minimum Gasteiger partial charge on any atom is -0.326 e. The average Bonchev–Trinajstić information content (AvgIpc) is 3.13. The molecule has 1 heterocycles. The van der Waals surface area contributed by atoms with Gasteiger partial charge < -0.3 is 15.2 Å². The Labute approximate surface area is 200 Å². The smallest absolute Gasteiger partial charge is 0.234 e. The molecule has 7 nitrogen and oxygen atoms in total. The summed E-state index contributed by atoms with van der Waals surface area (Å²) in [5, 5.41) is 15.7. The Morgan fingerprint density at radius 1 is 1.03 bits per heavy atom. The van der Waals surface area contributed by atoms with Gasteiger partial charge in [0.1, 0.15) is 5.82 Å². The number of carbonyl (C=O) groups is 2. The summed E-state index contributed by atoms with van der Waals surface area (Å²) >= 11 is 13.5. The quantitative estimate of drug-likeness (QED) is 0.426. The van der Waals surface area contributed by atoms with Gasteiger partial charge in [-0.25, -0.2) is 0 Å². The van der Waals surface area contributed by atoms with E-state index in [1.54, 1.807) is 30.3 Å². The van der Waals surface area contributed by atoms with E-state index in [1.165, 1.54) is 11.8 Å². The molecular weight excluding hydrogens is 469 g/mol. The second-order valence-corrected chi connectivity index (χ2v) is 8.84. The number of nitrogens with zero attached hydrogens (tertiary/aromatic N) is 3. The van der Waals surface area contributed by atoms with Gasteiger partial charge in [0, 0.05) is 28.0 Å². The van der Waals surface area contributed by atoms with Gasteiger partial charge in [0.05, 0.1) is 12.2 Å². The molecule has 0 bridgehead atoms. The average molecular weight is 492 g/mol. The van der Waals surface area contributed by atoms with Gasteiger partial charge in [-0.1, -0.05) is 47.1 Å². The second-order valence-electron chi connectivity index (χ2n) is 7.08. The first kappa shape index (κ1) is 24.1. The molecule has 10 heteroatoms. The van der Waals surface area contributed by atoms with E-state index < -0.39 is 0 Å². The van der Waals surface area contributed by atoms with Crippen LogP contribution in [0.25, 0.3) is 0 Å². The number of thioether (sulfide) groups is 1. The highest BCUT2D eigenvalue weighted by molar-refractivity contribution is 7.99. The lowest BCUT2D eigenvalue weighted by Crippen LogP contribution is -2.18. The van der Waals surface area contributed by atoms with Gasteiger partial charge in [0.25, 0.3) is 0 Å². The Hall–Kier alpha value is -2.55. The summed E-state index contributed by atoms with van der Waals surface area (Å²) < 4.78 is 1.82. The normalized spacial score (nSPS) is 10.8. The zero-order valence-electron chi connectivity index (χ0n) is 17.9. The van der Waals surface area contributed by atoms with Crippen molar-refractivity contribution < 1.29 is 9.59 Å². The fraction of sp³-hybridized carbons (Fsp3) is 0.273. The highest BCUT2D eigenvalue weighted by Gasteiger charge is 2.16. The Morgan fingerprint density at radius 2 is 1.81 bits per heavy atom. The van der Waals surface area contributed by atoms with Crippen LogP contribution in [0.15, 0.2) is 41.6 Å². The van der Waals surface area contributed by atoms with E-state index in [1.807, 2.05) is 31.4 Å². The number of rotatable bonds is 8. The maximum absolute atomic E-state index is 12.5. The summed E-state index contributed by atoms with van der Waals surface area (Å²) in [7, 11) is 0. The number of halogens is 2. The van der Waals surface area contributed by atoms with Gasteiger partial charge in [0.2, 0.25) is 11.8 Å². The van der Waals surface area contributed by atoms with Crippen molar-refractivity contribution in [3.05, 3.63) is 63.4 Å². The molecule has 3 aromatic rings. The fourth-order valence-electron chi connectivity index (χ4n) is 2.95. The van der Waals surface area contributed by atoms with Crippen LogP contribution in [0, 0.1) is 13.8 Å². The maximum Gasteiger partial charge on any atom is 0.234 e. The van der Waals surface area contributed by atoms with E-state index in [2.05, 4.69) is 20.8 Å². The molecule has 2 aromatic carbocycles. The molecule has 0 atom stereocenters. The molecule has 0 saturated heterocycles. The van der Waals surface area contributed by atoms with Crippen LogP contribution < -0.4 is 10.6 Å². The van der Waals surface area contributed by atoms with Crippen molar-refractivity contribution in [2.24, 2.45) is 0 Å². The molecule has 3 rings (SSSR count). The molecular formula is C22H23Cl2N5O2S. The van der Waals surface area contributed by atoms with Gasteiger partial charge in [-0.3, -0.25) is 9.59 Å². The molecule has 2 N–H and O–H groups in total. The largest absolute Gasteiger partial charge is 0.326 e. The zero-order valence-corrected chi connectivity index (χ0v) is 20.2. The summed E-state index contributed by atoms with van der Waals surface area (Å²) in [4.78, 5) is 24.8. The first-order valence-corrected chi connectivity index (χ1v) is 11.7. The van der Waals surface area contributed by atoms with Crippen LogP contribution >= 0.6 is 35.0 Å². The standard InChI is InChI=1S/C22H23Cl2N5O2S/c1-4-29-19(11-20(30)25-15-9-8-13(2)17(24)10-15)27-28-22(29)32-12-21(31)26-18-7-5-6-16(23)14(18)3/h5-10H,4,11-12H2,1-3H3,(H,25,30)(H,26,31). The van der Waals surface area contributed by atoms with Gasteiger partial charge in [0.15, 0.2) is 5.16 Å². The van der Waals surface area contributed by atoms with Crippen molar-refractivity contribution in [3.63, 3.8) is 0 Å². The van der Waals surface area contributed by atoms with Gasteiger partial charge in [-0.2, -0.15) is 0 Å². The lowest BCUT2D eigenvalue weighted by Gasteiger charge is -2.10. The topological polar surface area (TPSA) is 88.9 Å². The SMILES string of the molecule is CCn1c(CC(=O)Nc2ccc(C)c(Cl)c2)nnc1SCC(=O)Nc1cccc(Cl)c1C. The van der Waals surface area contributed by atoms with Crippen molar-refractivity contribution in [1.29, 1.82) is 0 Å². The van der Waals surface area contributed by atoms with Crippen molar-refractivity contribution in [2.75, 3.05) is 16.4 Å². The minimum atomic E-state index is -0.224. The number of benzene rings is 2. The van der Waals surface area contributed by atoms with E-state index in [-0.39, 0.29) is 24.0 Å². The third-order valence-corrected chi connectivity index (χ3v) is 6.54. The van der Waals surface area contributed by atoms with Crippen molar-refractivity contribution in [1.82, 2.24) is 14.8 Å². The van der Waals surface area contributed by atoms with Gasteiger partial charge in [-0.15, -0.1) is 10.2 Å². The van der Waals surface area contributed by atoms with Crippen molar-refractivity contribution in [2.45, 2.75) is 38.9 Å². The summed E-state index contributed by atoms with van der Waals surface area (Å²) in [5.41, 5.74) is 3.04. The second kappa shape index (κ2) is 10.8. The first-order valence-electron chi connectivity index (χ1n) is 9.94. The predicted octanol–water partition coefficient (Wildman–Crippen LogP) is 5.13. The highest BCUT2D eigenvalue weighted by Crippen LogP contribution is 2.24. The minimum absolute atomic E-state index is 0.0564. The fourth-order valence-corrected chi connectivity index (χ4v) is 4.13. The van der Waals surface area contributed by atoms with Crippen LogP contribution in [-0.2, 0) is 22.6 Å². The highest BCUT2D eigenvalue weighted by atomic mass is 35.5. The molecule has 2 amide bonds. The Bertz CT molecular complexity index is 1150. The molecule has 0 aliphatic heterocycles. The van der Waals surface area contributed by atoms with Crippen LogP contribution in [-0.4, -0.2) is 32.3 Å². The van der Waals surface area contributed by atoms with E-state index in [9.17, 15) is 9.59 Å². The van der Waals surface area contributed by atoms with Gasteiger partial charge in [-0.05, 0) is 56.2 Å². The van der Waals surface area contributed by atoms with E-state index in [0.717, 1.165) is 11.1 Å². The lowest BCUT2D eigenvalue weighted by molar-refractivity contribution is -0.116. The summed E-state index contributed by atoms with van der Waals surface area (Å²) in [6.45, 7) is 6.25. The third-order valence-electron chi connectivity index (χ3n) is 4.76. The number of aryl methyl sites for hydroxylation is 1. The van der Waals surface area contributed by atoms with E-state index in [0.29, 0.717) is 38.9 Å². The number of aromatic nitrogens is 3. The summed E-state index contributed by atoms with van der Waals surface area (Å²) in [5.74, 6) is 0.272. The van der Waals surface area contributed by atoms with E-state index >= 15 is 0 Å². The summed E-state index contributed by atoms with van der Waals surface area (Å²) in [6, 6.07) is 10.7. The molecule has 168 valence electrons. The number of nitrogens with one attached hydrogen (secondary N) is 2. The number of hydrogen-bond donors (Lipinski definition) is 2. The van der Waals surface area contributed by atoms with E-state index in [4.69, 9.17) is 23.2 Å². The number of amides is 2. The number of carbonyl (C=O) groups excluding carboxylic acids is 2. The molecule has 0 saturated carbocycles. The molecule has 1 aromatic heterocycles. The third kappa shape index (κ3) is 6.03. The van der Waals surface area contributed by atoms with Crippen LogP contribution in [0.4, 0.5) is 11.4 Å². The molecule has 0 unspecified atom stereocenters. The molecule has 0 aliphatic rings.